The molecule has 0 aliphatic heterocycles. The van der Waals surface area contributed by atoms with Crippen LogP contribution < -0.4 is 16.2 Å². The minimum absolute atomic E-state index is 0.0240. The fourth-order valence-electron chi connectivity index (χ4n) is 2.58. The van der Waals surface area contributed by atoms with Gasteiger partial charge in [-0.2, -0.15) is 0 Å². The van der Waals surface area contributed by atoms with Gasteiger partial charge < -0.3 is 10.6 Å². The second kappa shape index (κ2) is 10.3. The van der Waals surface area contributed by atoms with Gasteiger partial charge in [-0.25, -0.2) is 4.98 Å². The van der Waals surface area contributed by atoms with Gasteiger partial charge in [0.05, 0.1) is 23.2 Å². The molecule has 0 aliphatic carbocycles. The predicted octanol–water partition coefficient (Wildman–Crippen LogP) is 2.18. The number of aromatic nitrogens is 2. The monoisotopic (exact) mass is 404 g/mol. The molecule has 7 nitrogen and oxygen atoms in total. The molecule has 0 unspecified atom stereocenters. The zero-order valence-corrected chi connectivity index (χ0v) is 17.6. The van der Waals surface area contributed by atoms with Gasteiger partial charge in [-0.3, -0.25) is 19.0 Å². The number of para-hydroxylation sites is 1. The second-order valence-corrected chi connectivity index (χ2v) is 8.28. The molecule has 1 heterocycles. The van der Waals surface area contributed by atoms with Crippen LogP contribution in [0.4, 0.5) is 0 Å². The van der Waals surface area contributed by atoms with Crippen LogP contribution in [0.15, 0.2) is 34.2 Å². The number of rotatable bonds is 9. The summed E-state index contributed by atoms with van der Waals surface area (Å²) in [4.78, 5) is 41.2. The van der Waals surface area contributed by atoms with Crippen molar-refractivity contribution in [2.45, 2.75) is 51.9 Å². The van der Waals surface area contributed by atoms with Crippen molar-refractivity contribution in [1.29, 1.82) is 0 Å². The van der Waals surface area contributed by atoms with Crippen molar-refractivity contribution in [3.05, 3.63) is 34.6 Å². The Bertz CT molecular complexity index is 893. The third kappa shape index (κ3) is 6.37. The number of amides is 2. The lowest BCUT2D eigenvalue weighted by Gasteiger charge is -2.14. The highest BCUT2D eigenvalue weighted by atomic mass is 32.2. The summed E-state index contributed by atoms with van der Waals surface area (Å²) < 4.78 is 1.64. The summed E-state index contributed by atoms with van der Waals surface area (Å²) in [5.74, 6) is 0.0215. The van der Waals surface area contributed by atoms with E-state index in [-0.39, 0.29) is 35.7 Å². The molecular weight excluding hydrogens is 376 g/mol. The second-order valence-electron chi connectivity index (χ2n) is 7.34. The fourth-order valence-corrected chi connectivity index (χ4v) is 3.43. The molecule has 0 spiro atoms. The van der Waals surface area contributed by atoms with Gasteiger partial charge in [0.15, 0.2) is 5.16 Å². The normalized spacial score (nSPS) is 11.2. The van der Waals surface area contributed by atoms with Gasteiger partial charge in [0, 0.05) is 12.6 Å². The predicted molar refractivity (Wildman–Crippen MR) is 112 cm³/mol. The van der Waals surface area contributed by atoms with Crippen molar-refractivity contribution >= 4 is 34.5 Å². The van der Waals surface area contributed by atoms with E-state index in [1.54, 1.807) is 16.7 Å². The molecule has 2 N–H and O–H groups in total. The topological polar surface area (TPSA) is 93.1 Å². The maximum atomic E-state index is 12.9. The Labute approximate surface area is 169 Å². The first kappa shape index (κ1) is 21.9. The van der Waals surface area contributed by atoms with Gasteiger partial charge in [-0.1, -0.05) is 37.7 Å². The Morgan fingerprint density at radius 3 is 2.54 bits per heavy atom. The van der Waals surface area contributed by atoms with Crippen LogP contribution in [-0.2, 0) is 16.1 Å². The third-order valence-corrected chi connectivity index (χ3v) is 4.96. The van der Waals surface area contributed by atoms with Crippen molar-refractivity contribution < 1.29 is 9.59 Å². The van der Waals surface area contributed by atoms with Gasteiger partial charge >= 0.3 is 0 Å². The number of hydrogen-bond donors (Lipinski definition) is 2. The molecule has 0 saturated carbocycles. The lowest BCUT2D eigenvalue weighted by Crippen LogP contribution is -2.40. The van der Waals surface area contributed by atoms with E-state index < -0.39 is 0 Å². The molecule has 0 bridgehead atoms. The highest BCUT2D eigenvalue weighted by Gasteiger charge is 2.14. The molecule has 0 atom stereocenters. The van der Waals surface area contributed by atoms with E-state index in [0.29, 0.717) is 28.5 Å². The highest BCUT2D eigenvalue weighted by Crippen LogP contribution is 2.18. The van der Waals surface area contributed by atoms with E-state index in [1.165, 1.54) is 11.8 Å². The number of hydrogen-bond acceptors (Lipinski definition) is 5. The number of fused-ring (bicyclic) bond motifs is 1. The lowest BCUT2D eigenvalue weighted by atomic mass is 10.1. The Balaban J connectivity index is 2.11. The number of thioether (sulfide) groups is 1. The quantitative estimate of drug-likeness (QED) is 0.494. The van der Waals surface area contributed by atoms with E-state index in [4.69, 9.17) is 0 Å². The van der Waals surface area contributed by atoms with E-state index in [0.717, 1.165) is 6.42 Å². The summed E-state index contributed by atoms with van der Waals surface area (Å²) in [5, 5.41) is 6.40. The van der Waals surface area contributed by atoms with Gasteiger partial charge in [0.1, 0.15) is 0 Å². The number of nitrogens with zero attached hydrogens (tertiary/aromatic N) is 2. The van der Waals surface area contributed by atoms with Gasteiger partial charge in [-0.15, -0.1) is 0 Å². The molecule has 8 heteroatoms. The van der Waals surface area contributed by atoms with E-state index >= 15 is 0 Å². The van der Waals surface area contributed by atoms with Crippen molar-refractivity contribution in [3.8, 4) is 0 Å². The van der Waals surface area contributed by atoms with Crippen molar-refractivity contribution in [3.63, 3.8) is 0 Å². The number of carbonyl (C=O) groups excluding carboxylic acids is 2. The van der Waals surface area contributed by atoms with Crippen LogP contribution in [0.2, 0.25) is 0 Å². The summed E-state index contributed by atoms with van der Waals surface area (Å²) in [6.45, 7) is 8.40. The summed E-state index contributed by atoms with van der Waals surface area (Å²) >= 11 is 1.21. The standard InChI is InChI=1S/C20H28N4O3S/c1-13(2)9-10-24-19(27)15-7-5-6-8-16(15)23-20(24)28-12-18(26)21-11-17(25)22-14(3)4/h5-8,13-14H,9-12H2,1-4H3,(H,21,26)(H,22,25). The molecule has 2 rings (SSSR count). The summed E-state index contributed by atoms with van der Waals surface area (Å²) in [6, 6.07) is 7.24. The molecule has 28 heavy (non-hydrogen) atoms. The van der Waals surface area contributed by atoms with E-state index in [9.17, 15) is 14.4 Å². The van der Waals surface area contributed by atoms with Gasteiger partial charge in [0.25, 0.3) is 5.56 Å². The van der Waals surface area contributed by atoms with Crippen LogP contribution in [0.3, 0.4) is 0 Å². The first-order chi connectivity index (χ1) is 13.3. The molecule has 2 aromatic rings. The zero-order valence-electron chi connectivity index (χ0n) is 16.8. The van der Waals surface area contributed by atoms with Crippen molar-refractivity contribution in [2.75, 3.05) is 12.3 Å². The number of benzene rings is 1. The Kier molecular flexibility index (Phi) is 8.04. The summed E-state index contributed by atoms with van der Waals surface area (Å²) in [6.07, 6.45) is 0.842. The van der Waals surface area contributed by atoms with E-state index in [2.05, 4.69) is 29.5 Å². The maximum Gasteiger partial charge on any atom is 0.262 e. The molecule has 1 aromatic heterocycles. The Hall–Kier alpha value is -2.35. The van der Waals surface area contributed by atoms with Gasteiger partial charge in [-0.05, 0) is 38.3 Å². The highest BCUT2D eigenvalue weighted by molar-refractivity contribution is 7.99. The molecule has 1 aromatic carbocycles. The average Bonchev–Trinajstić information content (AvgIpc) is 2.63. The van der Waals surface area contributed by atoms with Crippen LogP contribution in [0.1, 0.15) is 34.1 Å². The number of nitrogens with one attached hydrogen (secondary N) is 2. The minimum atomic E-state index is -0.276. The minimum Gasteiger partial charge on any atom is -0.352 e. The largest absolute Gasteiger partial charge is 0.352 e. The molecule has 0 aliphatic rings. The average molecular weight is 405 g/mol. The van der Waals surface area contributed by atoms with Crippen molar-refractivity contribution in [2.24, 2.45) is 5.92 Å². The molecule has 2 amide bonds. The first-order valence-corrected chi connectivity index (χ1v) is 10.4. The van der Waals surface area contributed by atoms with Crippen molar-refractivity contribution in [1.82, 2.24) is 20.2 Å². The van der Waals surface area contributed by atoms with Crippen LogP contribution >= 0.6 is 11.8 Å². The fraction of sp³-hybridized carbons (Fsp3) is 0.500. The van der Waals surface area contributed by atoms with Crippen LogP contribution in [0, 0.1) is 5.92 Å². The molecular formula is C20H28N4O3S. The maximum absolute atomic E-state index is 12.9. The summed E-state index contributed by atoms with van der Waals surface area (Å²) in [7, 11) is 0. The third-order valence-electron chi connectivity index (χ3n) is 3.98. The molecule has 152 valence electrons. The Morgan fingerprint density at radius 2 is 1.86 bits per heavy atom. The zero-order chi connectivity index (χ0) is 20.7. The first-order valence-electron chi connectivity index (χ1n) is 9.46. The molecule has 0 fully saturated rings. The van der Waals surface area contributed by atoms with Crippen LogP contribution in [-0.4, -0.2) is 39.7 Å². The van der Waals surface area contributed by atoms with E-state index in [1.807, 2.05) is 26.0 Å². The lowest BCUT2D eigenvalue weighted by molar-refractivity contribution is -0.125. The smallest absolute Gasteiger partial charge is 0.262 e. The van der Waals surface area contributed by atoms with Crippen LogP contribution in [0.25, 0.3) is 10.9 Å². The molecule has 0 saturated heterocycles. The molecule has 0 radical (unpaired) electrons. The summed E-state index contributed by atoms with van der Waals surface area (Å²) in [5.41, 5.74) is 0.526. The van der Waals surface area contributed by atoms with Crippen LogP contribution in [0.5, 0.6) is 0 Å². The number of carbonyl (C=O) groups is 2. The Morgan fingerprint density at radius 1 is 1.14 bits per heavy atom. The SMILES string of the molecule is CC(C)CCn1c(SCC(=O)NCC(=O)NC(C)C)nc2ccccc2c1=O. The van der Waals surface area contributed by atoms with Gasteiger partial charge in [0.2, 0.25) is 11.8 Å².